The predicted octanol–water partition coefficient (Wildman–Crippen LogP) is 19.0. The highest BCUT2D eigenvalue weighted by atomic mass is 15.0. The maximum atomic E-state index is 5.45. The highest BCUT2D eigenvalue weighted by Crippen LogP contribution is 2.53. The minimum Gasteiger partial charge on any atom is -0.307 e. The molecular formula is C72H70N4. The van der Waals surface area contributed by atoms with Crippen LogP contribution in [0.3, 0.4) is 0 Å². The van der Waals surface area contributed by atoms with Crippen molar-refractivity contribution in [1.82, 2.24) is 19.5 Å². The average molecular weight is 991 g/mol. The van der Waals surface area contributed by atoms with Gasteiger partial charge in [-0.25, -0.2) is 15.0 Å². The average Bonchev–Trinajstić information content (AvgIpc) is 3.80. The molecule has 76 heavy (non-hydrogen) atoms. The van der Waals surface area contributed by atoms with Crippen LogP contribution in [0.5, 0.6) is 0 Å². The Morgan fingerprint density at radius 2 is 1.08 bits per heavy atom. The molecule has 1 unspecified atom stereocenters. The second-order valence-electron chi connectivity index (χ2n) is 25.2. The molecular weight excluding hydrogens is 921 g/mol. The van der Waals surface area contributed by atoms with Gasteiger partial charge in [-0.1, -0.05) is 228 Å². The Bertz CT molecular complexity index is 3890. The van der Waals surface area contributed by atoms with Gasteiger partial charge in [-0.05, 0) is 121 Å². The zero-order valence-corrected chi connectivity index (χ0v) is 46.3. The van der Waals surface area contributed by atoms with E-state index in [1.807, 2.05) is 6.07 Å². The number of hydrogen-bond acceptors (Lipinski definition) is 3. The van der Waals surface area contributed by atoms with Crippen LogP contribution in [0.25, 0.3) is 83.7 Å². The second-order valence-corrected chi connectivity index (χ2v) is 25.2. The van der Waals surface area contributed by atoms with E-state index < -0.39 is 5.41 Å². The molecule has 4 nitrogen and oxygen atoms in total. The molecule has 0 saturated heterocycles. The van der Waals surface area contributed by atoms with Gasteiger partial charge in [-0.3, -0.25) is 0 Å². The van der Waals surface area contributed by atoms with Gasteiger partial charge in [0, 0.05) is 49.9 Å². The summed E-state index contributed by atoms with van der Waals surface area (Å²) in [7, 11) is 0. The Hall–Kier alpha value is -7.69. The lowest BCUT2D eigenvalue weighted by atomic mass is 9.72. The molecule has 7 aromatic carbocycles. The molecule has 2 aromatic heterocycles. The maximum Gasteiger partial charge on any atom is 0.164 e. The van der Waals surface area contributed by atoms with Crippen molar-refractivity contribution in [3.8, 4) is 50.7 Å². The number of nitrogens with zero attached hydrogens (tertiary/aromatic N) is 4. The van der Waals surface area contributed by atoms with E-state index in [1.165, 1.54) is 77.6 Å². The number of hydrogen-bond donors (Lipinski definition) is 0. The van der Waals surface area contributed by atoms with Gasteiger partial charge in [0.1, 0.15) is 0 Å². The van der Waals surface area contributed by atoms with Gasteiger partial charge in [-0.2, -0.15) is 0 Å². The third-order valence-electron chi connectivity index (χ3n) is 16.4. The highest BCUT2D eigenvalue weighted by molar-refractivity contribution is 6.14. The van der Waals surface area contributed by atoms with E-state index in [9.17, 15) is 0 Å². The summed E-state index contributed by atoms with van der Waals surface area (Å²) in [6, 6.07) is 54.6. The molecule has 0 spiro atoms. The van der Waals surface area contributed by atoms with Crippen LogP contribution in [0.2, 0.25) is 0 Å². The first kappa shape index (κ1) is 49.2. The van der Waals surface area contributed by atoms with E-state index in [2.05, 4.69) is 257 Å². The van der Waals surface area contributed by atoms with Crippen LogP contribution >= 0.6 is 0 Å². The van der Waals surface area contributed by atoms with Crippen LogP contribution in [0.4, 0.5) is 0 Å². The van der Waals surface area contributed by atoms with E-state index in [1.54, 1.807) is 0 Å². The Labute approximate surface area is 450 Å². The van der Waals surface area contributed by atoms with Gasteiger partial charge in [0.05, 0.1) is 16.7 Å². The molecule has 0 radical (unpaired) electrons. The molecule has 0 saturated carbocycles. The number of fused-ring (bicyclic) bond motifs is 8. The van der Waals surface area contributed by atoms with Crippen LogP contribution in [0, 0.1) is 0 Å². The summed E-state index contributed by atoms with van der Waals surface area (Å²) in [5, 5.41) is 2.59. The van der Waals surface area contributed by atoms with Gasteiger partial charge in [-0.15, -0.1) is 0 Å². The Morgan fingerprint density at radius 3 is 1.70 bits per heavy atom. The summed E-state index contributed by atoms with van der Waals surface area (Å²) in [6.45, 7) is 26.3. The molecule has 4 heteroatoms. The molecule has 1 aliphatic heterocycles. The lowest BCUT2D eigenvalue weighted by molar-refractivity contribution is 0.572. The fourth-order valence-corrected chi connectivity index (χ4v) is 12.0. The van der Waals surface area contributed by atoms with Gasteiger partial charge in [0.2, 0.25) is 0 Å². The van der Waals surface area contributed by atoms with E-state index >= 15 is 0 Å². The summed E-state index contributed by atoms with van der Waals surface area (Å²) in [6.07, 6.45) is 16.8. The number of allylic oxidation sites excluding steroid dienone is 8. The molecule has 3 heterocycles. The van der Waals surface area contributed by atoms with Crippen molar-refractivity contribution in [2.45, 2.75) is 123 Å². The predicted molar refractivity (Wildman–Crippen MR) is 321 cm³/mol. The molecule has 12 rings (SSSR count). The van der Waals surface area contributed by atoms with Crippen LogP contribution in [-0.4, -0.2) is 19.5 Å². The normalized spacial score (nSPS) is 16.2. The molecule has 3 aliphatic rings. The van der Waals surface area contributed by atoms with Crippen molar-refractivity contribution in [3.63, 3.8) is 0 Å². The van der Waals surface area contributed by atoms with E-state index in [0.29, 0.717) is 17.5 Å². The third-order valence-corrected chi connectivity index (χ3v) is 16.4. The van der Waals surface area contributed by atoms with Gasteiger partial charge < -0.3 is 4.57 Å². The molecule has 0 amide bonds. The van der Waals surface area contributed by atoms with Gasteiger partial charge in [0.25, 0.3) is 0 Å². The highest BCUT2D eigenvalue weighted by Gasteiger charge is 2.38. The summed E-state index contributed by atoms with van der Waals surface area (Å²) < 4.78 is 2.73. The molecule has 0 N–H and O–H groups in total. The van der Waals surface area contributed by atoms with Gasteiger partial charge >= 0.3 is 0 Å². The fourth-order valence-electron chi connectivity index (χ4n) is 12.0. The summed E-state index contributed by atoms with van der Waals surface area (Å²) in [4.78, 5) is 16.1. The Morgan fingerprint density at radius 1 is 0.474 bits per heavy atom. The molecule has 2 bridgehead atoms. The van der Waals surface area contributed by atoms with E-state index in [0.717, 1.165) is 52.7 Å². The quantitative estimate of drug-likeness (QED) is 0.167. The number of benzene rings is 7. The van der Waals surface area contributed by atoms with Crippen molar-refractivity contribution in [1.29, 1.82) is 0 Å². The molecule has 378 valence electrons. The second kappa shape index (κ2) is 18.3. The summed E-state index contributed by atoms with van der Waals surface area (Å²) >= 11 is 0. The zero-order valence-electron chi connectivity index (χ0n) is 46.3. The maximum absolute atomic E-state index is 5.45. The topological polar surface area (TPSA) is 43.6 Å². The molecule has 2 aliphatic carbocycles. The van der Waals surface area contributed by atoms with Crippen LogP contribution in [0.15, 0.2) is 182 Å². The van der Waals surface area contributed by atoms with Crippen molar-refractivity contribution in [2.24, 2.45) is 0 Å². The van der Waals surface area contributed by atoms with Crippen molar-refractivity contribution < 1.29 is 0 Å². The fraction of sp³-hybridized carbons (Fsp3) is 0.264. The summed E-state index contributed by atoms with van der Waals surface area (Å²) in [5.74, 6) is 2.27. The van der Waals surface area contributed by atoms with E-state index in [-0.39, 0.29) is 22.2 Å². The monoisotopic (exact) mass is 991 g/mol. The van der Waals surface area contributed by atoms with Crippen LogP contribution < -0.4 is 0 Å². The van der Waals surface area contributed by atoms with Crippen molar-refractivity contribution >= 4 is 33.0 Å². The van der Waals surface area contributed by atoms with Crippen molar-refractivity contribution in [2.75, 3.05) is 0 Å². The van der Waals surface area contributed by atoms with Crippen molar-refractivity contribution in [3.05, 3.63) is 227 Å². The SMILES string of the molecule is CC(C)(C)c1cc(C(C)(C)C)c2c(c1)c1cc(C(C)(C)C)cc3c1n2-c1c(C2=CCC(c4ccccc4)C=C2)cc(-c2nc(C4=CCCC=C4)nc(-c4ccccc4)n2)cc1-c1ccc(-c2ccccc2)c(c1)C3(C)C. The smallest absolute Gasteiger partial charge is 0.164 e. The minimum atomic E-state index is -0.464. The lowest BCUT2D eigenvalue weighted by Crippen LogP contribution is -2.23. The Kier molecular flexibility index (Phi) is 11.8. The standard InChI is InChI=1S/C72H70N4/c1-69(2,3)53-41-58-59-42-54(70(4,5)6)44-62-65(59)76(64(58)61(43-53)71(7,8)9)63-56(48-34-32-46(33-35-48)45-24-16-12-17-25-45)38-52(39-57(63)51-36-37-55(47-26-18-13-19-27-47)60(40-51)72(62,10)11)68-74-66(49-28-20-14-21-29-49)73-67(75-68)50-30-22-15-23-31-50/h12-14,16-22,24-32,34-44,46H,15,23,33H2,1-11H3. The molecule has 1 atom stereocenters. The first-order valence-corrected chi connectivity index (χ1v) is 27.5. The third kappa shape index (κ3) is 8.60. The first-order valence-electron chi connectivity index (χ1n) is 27.5. The summed E-state index contributed by atoms with van der Waals surface area (Å²) in [5.41, 5.74) is 20.8. The van der Waals surface area contributed by atoms with Crippen LogP contribution in [-0.2, 0) is 21.7 Å². The minimum absolute atomic E-state index is 0.0871. The Balaban J connectivity index is 1.28. The molecule has 9 aromatic rings. The first-order chi connectivity index (χ1) is 36.3. The lowest BCUT2D eigenvalue weighted by Gasteiger charge is -2.32. The van der Waals surface area contributed by atoms with Crippen LogP contribution in [0.1, 0.15) is 146 Å². The molecule has 0 fully saturated rings. The zero-order chi connectivity index (χ0) is 52.9. The number of rotatable bonds is 6. The number of aromatic nitrogens is 4. The van der Waals surface area contributed by atoms with E-state index in [4.69, 9.17) is 15.0 Å². The van der Waals surface area contributed by atoms with Gasteiger partial charge in [0.15, 0.2) is 17.5 Å². The largest absolute Gasteiger partial charge is 0.307 e.